The van der Waals surface area contributed by atoms with E-state index in [1.54, 1.807) is 16.8 Å². The summed E-state index contributed by atoms with van der Waals surface area (Å²) in [5.41, 5.74) is 3.26. The minimum Gasteiger partial charge on any atom is -0.488 e. The van der Waals surface area contributed by atoms with Gasteiger partial charge in [-0.1, -0.05) is 6.58 Å². The summed E-state index contributed by atoms with van der Waals surface area (Å²) in [5.74, 6) is -0.0457. The Morgan fingerprint density at radius 2 is 2.00 bits per heavy atom. The van der Waals surface area contributed by atoms with Gasteiger partial charge < -0.3 is 4.74 Å². The minimum atomic E-state index is -0.610. The second-order valence-electron chi connectivity index (χ2n) is 5.96. The highest BCUT2D eigenvalue weighted by Gasteiger charge is 2.07. The highest BCUT2D eigenvalue weighted by atomic mass is 19.1. The topological polar surface area (TPSA) is 51.8 Å². The Balaban J connectivity index is 2.15. The zero-order valence-corrected chi connectivity index (χ0v) is 15.8. The van der Waals surface area contributed by atoms with Gasteiger partial charge in [-0.05, 0) is 50.1 Å². The van der Waals surface area contributed by atoms with Crippen molar-refractivity contribution in [1.82, 2.24) is 14.4 Å². The highest BCUT2D eigenvalue weighted by molar-refractivity contribution is 5.86. The van der Waals surface area contributed by atoms with Crippen molar-refractivity contribution in [3.8, 4) is 0 Å². The molecule has 0 aliphatic carbocycles. The van der Waals surface area contributed by atoms with Gasteiger partial charge in [-0.15, -0.1) is 0 Å². The second kappa shape index (κ2) is 9.02. The van der Waals surface area contributed by atoms with Gasteiger partial charge in [-0.2, -0.15) is 4.39 Å². The van der Waals surface area contributed by atoms with Crippen LogP contribution in [0.15, 0.2) is 65.5 Å². The summed E-state index contributed by atoms with van der Waals surface area (Å²) in [4.78, 5) is 12.1. The fourth-order valence-corrected chi connectivity index (χ4v) is 2.28. The number of fused-ring (bicyclic) bond motifs is 1. The monoisotopic (exact) mass is 372 g/mol. The first-order valence-corrected chi connectivity index (χ1v) is 8.27. The van der Waals surface area contributed by atoms with Crippen molar-refractivity contribution in [2.75, 3.05) is 7.05 Å². The number of hydrogen-bond donors (Lipinski definition) is 0. The Kier molecular flexibility index (Phi) is 6.76. The minimum absolute atomic E-state index is 0.171. The van der Waals surface area contributed by atoms with Gasteiger partial charge in [-0.25, -0.2) is 14.4 Å². The number of nitrogens with zero attached hydrogens (tertiary/aromatic N) is 4. The Morgan fingerprint density at radius 1 is 1.26 bits per heavy atom. The SMILES string of the molecule is C=C(/C=C\C(F)=NC)OCc1cn2cc(/C(C)=C(C)/C=C(\C)F)cnc2n1. The molecule has 0 N–H and O–H groups in total. The predicted molar refractivity (Wildman–Crippen MR) is 104 cm³/mol. The van der Waals surface area contributed by atoms with E-state index in [9.17, 15) is 8.78 Å². The summed E-state index contributed by atoms with van der Waals surface area (Å²) in [7, 11) is 1.36. The van der Waals surface area contributed by atoms with Crippen molar-refractivity contribution in [3.63, 3.8) is 0 Å². The third-order valence-electron chi connectivity index (χ3n) is 3.83. The van der Waals surface area contributed by atoms with Crippen molar-refractivity contribution < 1.29 is 13.5 Å². The lowest BCUT2D eigenvalue weighted by atomic mass is 10.1. The Morgan fingerprint density at radius 3 is 2.67 bits per heavy atom. The molecular weight excluding hydrogens is 350 g/mol. The lowest BCUT2D eigenvalue weighted by molar-refractivity contribution is 0.209. The summed E-state index contributed by atoms with van der Waals surface area (Å²) in [6, 6.07) is 0. The second-order valence-corrected chi connectivity index (χ2v) is 5.96. The number of imidazole rings is 1. The van der Waals surface area contributed by atoms with Crippen LogP contribution >= 0.6 is 0 Å². The van der Waals surface area contributed by atoms with Gasteiger partial charge in [0.05, 0.1) is 11.5 Å². The van der Waals surface area contributed by atoms with Crippen LogP contribution in [0, 0.1) is 0 Å². The molecule has 0 unspecified atom stereocenters. The molecule has 142 valence electrons. The number of aliphatic imine (C=N–C) groups is 1. The van der Waals surface area contributed by atoms with E-state index in [-0.39, 0.29) is 12.4 Å². The van der Waals surface area contributed by atoms with E-state index in [4.69, 9.17) is 4.74 Å². The molecule has 0 atom stereocenters. The van der Waals surface area contributed by atoms with Crippen molar-refractivity contribution >= 4 is 17.3 Å². The molecule has 2 heterocycles. The number of aromatic nitrogens is 3. The smallest absolute Gasteiger partial charge is 0.234 e. The molecule has 0 amide bonds. The third-order valence-corrected chi connectivity index (χ3v) is 3.83. The number of halogens is 2. The average Bonchev–Trinajstić information content (AvgIpc) is 3.05. The average molecular weight is 372 g/mol. The summed E-state index contributed by atoms with van der Waals surface area (Å²) >= 11 is 0. The molecule has 5 nitrogen and oxygen atoms in total. The van der Waals surface area contributed by atoms with Gasteiger partial charge in [0.15, 0.2) is 0 Å². The molecule has 0 fully saturated rings. The molecule has 0 bridgehead atoms. The molecule has 0 aliphatic rings. The van der Waals surface area contributed by atoms with Crippen LogP contribution in [0.25, 0.3) is 11.4 Å². The van der Waals surface area contributed by atoms with Gasteiger partial charge in [0.2, 0.25) is 11.7 Å². The van der Waals surface area contributed by atoms with E-state index in [0.717, 1.165) is 16.7 Å². The third kappa shape index (κ3) is 5.70. The van der Waals surface area contributed by atoms with Crippen LogP contribution in [0.4, 0.5) is 8.78 Å². The molecule has 0 radical (unpaired) electrons. The van der Waals surface area contributed by atoms with Crippen molar-refractivity contribution in [1.29, 1.82) is 0 Å². The number of allylic oxidation sites excluding steroid dienone is 6. The van der Waals surface area contributed by atoms with Crippen LogP contribution in [0.2, 0.25) is 0 Å². The molecule has 27 heavy (non-hydrogen) atoms. The van der Waals surface area contributed by atoms with Crippen LogP contribution in [-0.4, -0.2) is 27.4 Å². The standard InChI is InChI=1S/C20H22F2N4O/c1-13(8-14(2)21)16(4)17-9-24-20-25-18(11-26(20)10-17)12-27-15(3)6-7-19(22)23-5/h6-11H,3,12H2,1-2,4-5H3/b7-6-,14-8+,16-13+,23-19?. The van der Waals surface area contributed by atoms with E-state index in [1.165, 1.54) is 32.2 Å². The molecule has 0 aromatic carbocycles. The first kappa shape index (κ1) is 20.2. The number of ether oxygens (including phenoxy) is 1. The lowest BCUT2D eigenvalue weighted by Gasteiger charge is -2.05. The molecule has 2 aromatic rings. The van der Waals surface area contributed by atoms with Crippen molar-refractivity contribution in [3.05, 3.63) is 71.8 Å². The van der Waals surface area contributed by atoms with E-state index in [2.05, 4.69) is 21.5 Å². The Labute approximate surface area is 157 Å². The van der Waals surface area contributed by atoms with Crippen LogP contribution in [-0.2, 0) is 11.3 Å². The summed E-state index contributed by atoms with van der Waals surface area (Å²) in [6.07, 6.45) is 9.41. The van der Waals surface area contributed by atoms with E-state index in [1.807, 2.05) is 20.0 Å². The van der Waals surface area contributed by atoms with Gasteiger partial charge in [0.1, 0.15) is 12.4 Å². The first-order chi connectivity index (χ1) is 12.8. The highest BCUT2D eigenvalue weighted by Crippen LogP contribution is 2.20. The Hall–Kier alpha value is -3.09. The van der Waals surface area contributed by atoms with Gasteiger partial charge in [-0.3, -0.25) is 9.39 Å². The van der Waals surface area contributed by atoms with E-state index in [0.29, 0.717) is 17.2 Å². The fraction of sp³-hybridized carbons (Fsp3) is 0.250. The summed E-state index contributed by atoms with van der Waals surface area (Å²) in [6.45, 7) is 9.03. The van der Waals surface area contributed by atoms with Crippen LogP contribution in [0.5, 0.6) is 0 Å². The molecule has 2 aromatic heterocycles. The Bertz CT molecular complexity index is 964. The largest absolute Gasteiger partial charge is 0.488 e. The lowest BCUT2D eigenvalue weighted by Crippen LogP contribution is -1.92. The molecule has 0 saturated heterocycles. The maximum absolute atomic E-state index is 13.1. The predicted octanol–water partition coefficient (Wildman–Crippen LogP) is 4.98. The molecule has 0 spiro atoms. The fourth-order valence-electron chi connectivity index (χ4n) is 2.28. The first-order valence-electron chi connectivity index (χ1n) is 8.27. The van der Waals surface area contributed by atoms with Crippen molar-refractivity contribution in [2.24, 2.45) is 4.99 Å². The van der Waals surface area contributed by atoms with Gasteiger partial charge in [0.25, 0.3) is 0 Å². The van der Waals surface area contributed by atoms with Crippen LogP contribution < -0.4 is 0 Å². The van der Waals surface area contributed by atoms with Crippen LogP contribution in [0.1, 0.15) is 32.0 Å². The van der Waals surface area contributed by atoms with E-state index < -0.39 is 5.97 Å². The molecular formula is C20H22F2N4O. The summed E-state index contributed by atoms with van der Waals surface area (Å²) in [5, 5.41) is 0. The molecule has 7 heteroatoms. The zero-order valence-electron chi connectivity index (χ0n) is 15.8. The van der Waals surface area contributed by atoms with Crippen LogP contribution in [0.3, 0.4) is 0 Å². The zero-order chi connectivity index (χ0) is 20.0. The number of hydrogen-bond acceptors (Lipinski definition) is 4. The van der Waals surface area contributed by atoms with Gasteiger partial charge >= 0.3 is 0 Å². The summed E-state index contributed by atoms with van der Waals surface area (Å²) < 4.78 is 33.3. The van der Waals surface area contributed by atoms with Gasteiger partial charge in [0, 0.05) is 31.2 Å². The van der Waals surface area contributed by atoms with E-state index >= 15 is 0 Å². The molecule has 2 rings (SSSR count). The maximum atomic E-state index is 13.1. The normalized spacial score (nSPS) is 14.0. The number of rotatable bonds is 7. The molecule has 0 saturated carbocycles. The maximum Gasteiger partial charge on any atom is 0.234 e. The molecule has 0 aliphatic heterocycles. The quantitative estimate of drug-likeness (QED) is 0.391. The van der Waals surface area contributed by atoms with Crippen molar-refractivity contribution in [2.45, 2.75) is 27.4 Å².